The van der Waals surface area contributed by atoms with E-state index in [0.717, 1.165) is 9.37 Å². The number of rotatable bonds is 7. The molecule has 0 N–H and O–H groups in total. The van der Waals surface area contributed by atoms with E-state index in [2.05, 4.69) is 20.9 Å². The van der Waals surface area contributed by atoms with Crippen LogP contribution in [0.2, 0.25) is 0 Å². The van der Waals surface area contributed by atoms with E-state index in [0.29, 0.717) is 17.4 Å². The van der Waals surface area contributed by atoms with E-state index in [9.17, 15) is 9.59 Å². The van der Waals surface area contributed by atoms with E-state index >= 15 is 0 Å². The first-order valence-electron chi connectivity index (χ1n) is 7.26. The van der Waals surface area contributed by atoms with Gasteiger partial charge < -0.3 is 4.74 Å². The van der Waals surface area contributed by atoms with E-state index in [-0.39, 0.29) is 24.2 Å². The van der Waals surface area contributed by atoms with Gasteiger partial charge >= 0.3 is 5.97 Å². The van der Waals surface area contributed by atoms with Gasteiger partial charge in [-0.3, -0.25) is 14.5 Å². The number of amides is 1. The molecule has 0 saturated carbocycles. The van der Waals surface area contributed by atoms with Crippen LogP contribution in [-0.4, -0.2) is 29.2 Å². The van der Waals surface area contributed by atoms with Crippen molar-refractivity contribution in [2.45, 2.75) is 25.3 Å². The Balaban J connectivity index is 1.80. The Labute approximate surface area is 157 Å². The van der Waals surface area contributed by atoms with Crippen LogP contribution in [0.15, 0.2) is 39.0 Å². The molecule has 24 heavy (non-hydrogen) atoms. The Morgan fingerprint density at radius 1 is 1.33 bits per heavy atom. The minimum absolute atomic E-state index is 0.0544. The van der Waals surface area contributed by atoms with Crippen molar-refractivity contribution >= 4 is 56.0 Å². The number of anilines is 1. The number of thiazole rings is 1. The topological polar surface area (TPSA) is 59.5 Å². The summed E-state index contributed by atoms with van der Waals surface area (Å²) in [7, 11) is 0. The quantitative estimate of drug-likeness (QED) is 0.490. The summed E-state index contributed by atoms with van der Waals surface area (Å²) in [4.78, 5) is 30.2. The number of carbonyl (C=O) groups is 2. The first kappa shape index (κ1) is 19.0. The van der Waals surface area contributed by atoms with Gasteiger partial charge in [-0.2, -0.15) is 0 Å². The van der Waals surface area contributed by atoms with Gasteiger partial charge in [-0.05, 0) is 31.2 Å². The molecule has 0 aliphatic heterocycles. The third kappa shape index (κ3) is 5.61. The minimum atomic E-state index is -0.295. The highest BCUT2D eigenvalue weighted by molar-refractivity contribution is 9.10. The number of nitrogens with zero attached hydrogens (tertiary/aromatic N) is 2. The van der Waals surface area contributed by atoms with Crippen LogP contribution in [0.3, 0.4) is 0 Å². The highest BCUT2D eigenvalue weighted by atomic mass is 79.9. The Kier molecular flexibility index (Phi) is 7.26. The number of hydrogen-bond acceptors (Lipinski definition) is 6. The molecule has 0 fully saturated rings. The smallest absolute Gasteiger partial charge is 0.316 e. The largest absolute Gasteiger partial charge is 0.459 e. The standard InChI is InChI=1S/C16H17BrN2O3S2/c1-3-19(11(2)20)16-18-13(9-24-16)8-22-15(21)10-23-14-6-4-12(17)5-7-14/h4-7,9H,3,8,10H2,1-2H3. The van der Waals surface area contributed by atoms with Crippen LogP contribution >= 0.6 is 39.0 Å². The second-order valence-corrected chi connectivity index (χ2v) is 7.59. The lowest BCUT2D eigenvalue weighted by Gasteiger charge is -2.14. The molecular formula is C16H17BrN2O3S2. The molecule has 2 aromatic rings. The van der Waals surface area contributed by atoms with Gasteiger partial charge in [0.25, 0.3) is 0 Å². The zero-order chi connectivity index (χ0) is 17.5. The molecule has 1 aromatic heterocycles. The fourth-order valence-electron chi connectivity index (χ4n) is 1.85. The van der Waals surface area contributed by atoms with Crippen LogP contribution in [-0.2, 0) is 20.9 Å². The molecule has 1 amide bonds. The predicted octanol–water partition coefficient (Wildman–Crippen LogP) is 4.11. The minimum Gasteiger partial charge on any atom is -0.459 e. The molecule has 5 nitrogen and oxygen atoms in total. The summed E-state index contributed by atoms with van der Waals surface area (Å²) < 4.78 is 6.23. The van der Waals surface area contributed by atoms with Crippen LogP contribution in [0.25, 0.3) is 0 Å². The van der Waals surface area contributed by atoms with Crippen LogP contribution in [0.4, 0.5) is 5.13 Å². The highest BCUT2D eigenvalue weighted by Gasteiger charge is 2.14. The fraction of sp³-hybridized carbons (Fsp3) is 0.312. The number of carbonyl (C=O) groups excluding carboxylic acids is 2. The third-order valence-electron chi connectivity index (χ3n) is 3.02. The molecular weight excluding hydrogens is 412 g/mol. The molecule has 0 aliphatic carbocycles. The molecule has 0 aliphatic rings. The monoisotopic (exact) mass is 428 g/mol. The first-order chi connectivity index (χ1) is 11.5. The zero-order valence-electron chi connectivity index (χ0n) is 13.3. The SMILES string of the molecule is CCN(C(C)=O)c1nc(COC(=O)CSc2ccc(Br)cc2)cs1. The van der Waals surface area contributed by atoms with E-state index in [1.54, 1.807) is 10.3 Å². The number of ether oxygens (including phenoxy) is 1. The molecule has 0 unspecified atom stereocenters. The molecule has 1 heterocycles. The Bertz CT molecular complexity index is 704. The summed E-state index contributed by atoms with van der Waals surface area (Å²) in [5.74, 6) is -0.106. The number of hydrogen-bond donors (Lipinski definition) is 0. The summed E-state index contributed by atoms with van der Waals surface area (Å²) in [6.45, 7) is 4.07. The maximum Gasteiger partial charge on any atom is 0.316 e. The first-order valence-corrected chi connectivity index (χ1v) is 9.92. The molecule has 8 heteroatoms. The van der Waals surface area contributed by atoms with Crippen molar-refractivity contribution in [2.75, 3.05) is 17.2 Å². The molecule has 0 saturated heterocycles. The maximum atomic E-state index is 11.8. The number of thioether (sulfide) groups is 1. The summed E-state index contributed by atoms with van der Waals surface area (Å²) in [5, 5.41) is 2.43. The summed E-state index contributed by atoms with van der Waals surface area (Å²) in [6.07, 6.45) is 0. The van der Waals surface area contributed by atoms with Gasteiger partial charge in [-0.25, -0.2) is 4.98 Å². The lowest BCUT2D eigenvalue weighted by molar-refractivity contribution is -0.141. The van der Waals surface area contributed by atoms with Gasteiger partial charge in [0, 0.05) is 28.2 Å². The Hall–Kier alpha value is -1.38. The average molecular weight is 429 g/mol. The van der Waals surface area contributed by atoms with Crippen molar-refractivity contribution in [3.8, 4) is 0 Å². The van der Waals surface area contributed by atoms with Gasteiger partial charge in [0.05, 0.1) is 11.4 Å². The molecule has 0 atom stereocenters. The molecule has 2 rings (SSSR count). The van der Waals surface area contributed by atoms with Gasteiger partial charge in [0.2, 0.25) is 5.91 Å². The van der Waals surface area contributed by atoms with E-state index in [1.165, 1.54) is 30.0 Å². The molecule has 0 radical (unpaired) electrons. The van der Waals surface area contributed by atoms with Crippen LogP contribution in [0.1, 0.15) is 19.5 Å². The fourth-order valence-corrected chi connectivity index (χ4v) is 3.73. The number of esters is 1. The lowest BCUT2D eigenvalue weighted by atomic mass is 10.4. The molecule has 1 aromatic carbocycles. The van der Waals surface area contributed by atoms with Crippen LogP contribution < -0.4 is 4.90 Å². The normalized spacial score (nSPS) is 10.5. The maximum absolute atomic E-state index is 11.8. The average Bonchev–Trinajstić information content (AvgIpc) is 3.01. The van der Waals surface area contributed by atoms with Crippen molar-refractivity contribution in [1.29, 1.82) is 0 Å². The number of halogens is 1. The second kappa shape index (κ2) is 9.19. The summed E-state index contributed by atoms with van der Waals surface area (Å²) in [6, 6.07) is 7.74. The summed E-state index contributed by atoms with van der Waals surface area (Å²) in [5.41, 5.74) is 0.650. The van der Waals surface area contributed by atoms with Crippen molar-refractivity contribution in [1.82, 2.24) is 4.98 Å². The molecule has 0 spiro atoms. The van der Waals surface area contributed by atoms with Crippen LogP contribution in [0, 0.1) is 0 Å². The Morgan fingerprint density at radius 2 is 2.04 bits per heavy atom. The van der Waals surface area contributed by atoms with Crippen molar-refractivity contribution in [3.05, 3.63) is 39.8 Å². The zero-order valence-corrected chi connectivity index (χ0v) is 16.5. The van der Waals surface area contributed by atoms with Gasteiger partial charge in [0.1, 0.15) is 6.61 Å². The highest BCUT2D eigenvalue weighted by Crippen LogP contribution is 2.22. The van der Waals surface area contributed by atoms with Gasteiger partial charge in [0.15, 0.2) is 5.13 Å². The lowest BCUT2D eigenvalue weighted by Crippen LogP contribution is -2.27. The van der Waals surface area contributed by atoms with Crippen LogP contribution in [0.5, 0.6) is 0 Å². The Morgan fingerprint density at radius 3 is 2.67 bits per heavy atom. The molecule has 128 valence electrons. The number of aromatic nitrogens is 1. The van der Waals surface area contributed by atoms with E-state index in [4.69, 9.17) is 4.74 Å². The van der Waals surface area contributed by atoms with Crippen molar-refractivity contribution in [3.63, 3.8) is 0 Å². The van der Waals surface area contributed by atoms with Crippen molar-refractivity contribution < 1.29 is 14.3 Å². The predicted molar refractivity (Wildman–Crippen MR) is 100 cm³/mol. The number of benzene rings is 1. The third-order valence-corrected chi connectivity index (χ3v) is 5.44. The van der Waals surface area contributed by atoms with E-state index in [1.807, 2.05) is 31.2 Å². The van der Waals surface area contributed by atoms with Gasteiger partial charge in [-0.15, -0.1) is 23.1 Å². The van der Waals surface area contributed by atoms with Crippen molar-refractivity contribution in [2.24, 2.45) is 0 Å². The molecule has 0 bridgehead atoms. The van der Waals surface area contributed by atoms with Gasteiger partial charge in [-0.1, -0.05) is 15.9 Å². The summed E-state index contributed by atoms with van der Waals surface area (Å²) >= 11 is 6.16. The van der Waals surface area contributed by atoms with E-state index < -0.39 is 0 Å². The second-order valence-electron chi connectivity index (χ2n) is 4.79.